The number of pyridine rings is 1. The van der Waals surface area contributed by atoms with Crippen molar-refractivity contribution in [1.82, 2.24) is 25.2 Å². The number of carbonyl (C=O) groups excluding carboxylic acids is 1. The van der Waals surface area contributed by atoms with Gasteiger partial charge in [0.05, 0.1) is 5.52 Å². The Hall–Kier alpha value is -2.48. The number of aromatic nitrogens is 3. The quantitative estimate of drug-likeness (QED) is 0.579. The Morgan fingerprint density at radius 3 is 2.50 bits per heavy atom. The number of para-hydroxylation sites is 1. The van der Waals surface area contributed by atoms with Crippen LogP contribution in [0.1, 0.15) is 31.4 Å². The van der Waals surface area contributed by atoms with Gasteiger partial charge in [0.25, 0.3) is 0 Å². The van der Waals surface area contributed by atoms with Crippen molar-refractivity contribution in [3.8, 4) is 5.88 Å². The third kappa shape index (κ3) is 6.06. The van der Waals surface area contributed by atoms with Gasteiger partial charge in [0.15, 0.2) is 0 Å². The minimum absolute atomic E-state index is 0. The zero-order valence-corrected chi connectivity index (χ0v) is 19.5. The van der Waals surface area contributed by atoms with E-state index in [4.69, 9.17) is 16.3 Å². The number of hydrogen-bond donors (Lipinski definition) is 1. The average molecular weight is 476 g/mol. The SMILES string of the molecule is CC(=O)N1CCC(c2nccnc2OC2CNC2)CC1.Cl.Clc1ccc2ccccc2n1. The first-order valence-electron chi connectivity index (χ1n) is 10.5. The number of amides is 1. The highest BCUT2D eigenvalue weighted by Gasteiger charge is 2.28. The van der Waals surface area contributed by atoms with Crippen molar-refractivity contribution in [2.75, 3.05) is 26.2 Å². The molecule has 0 spiro atoms. The average Bonchev–Trinajstić information content (AvgIpc) is 2.77. The molecule has 170 valence electrons. The van der Waals surface area contributed by atoms with Crippen molar-refractivity contribution in [2.24, 2.45) is 0 Å². The van der Waals surface area contributed by atoms with E-state index in [2.05, 4.69) is 20.3 Å². The van der Waals surface area contributed by atoms with Gasteiger partial charge in [-0.2, -0.15) is 0 Å². The summed E-state index contributed by atoms with van der Waals surface area (Å²) in [5, 5.41) is 4.85. The fourth-order valence-electron chi connectivity index (χ4n) is 3.72. The van der Waals surface area contributed by atoms with Crippen LogP contribution in [0.15, 0.2) is 48.8 Å². The number of hydrogen-bond acceptors (Lipinski definition) is 6. The van der Waals surface area contributed by atoms with Crippen LogP contribution < -0.4 is 10.1 Å². The molecule has 2 aliphatic rings. The summed E-state index contributed by atoms with van der Waals surface area (Å²) in [6, 6.07) is 11.7. The topological polar surface area (TPSA) is 80.2 Å². The second-order valence-corrected chi connectivity index (χ2v) is 8.14. The number of rotatable bonds is 3. The number of carbonyl (C=O) groups is 1. The molecular formula is C23H27Cl2N5O2. The standard InChI is InChI=1S/C14H20N4O2.C9H6ClN.ClH/c1-10(19)18-6-2-11(3-7-18)13-14(17-5-4-16-13)20-12-8-15-9-12;10-9-6-5-7-3-1-2-4-8(7)11-9;/h4-5,11-12,15H,2-3,6-9H2,1H3;1-6H;1H. The van der Waals surface area contributed by atoms with E-state index in [1.165, 1.54) is 0 Å². The molecule has 3 aromatic rings. The molecule has 2 aliphatic heterocycles. The van der Waals surface area contributed by atoms with E-state index in [1.807, 2.05) is 35.2 Å². The van der Waals surface area contributed by atoms with Gasteiger partial charge in [0.1, 0.15) is 17.0 Å². The number of piperidine rings is 1. The molecule has 0 bridgehead atoms. The molecule has 2 saturated heterocycles. The summed E-state index contributed by atoms with van der Waals surface area (Å²) in [5.41, 5.74) is 1.89. The molecule has 4 heterocycles. The van der Waals surface area contributed by atoms with E-state index in [0.29, 0.717) is 17.0 Å². The summed E-state index contributed by atoms with van der Waals surface area (Å²) in [5.74, 6) is 1.15. The zero-order valence-electron chi connectivity index (χ0n) is 17.9. The summed E-state index contributed by atoms with van der Waals surface area (Å²) in [6.07, 6.45) is 5.46. The third-order valence-corrected chi connectivity index (χ3v) is 5.82. The molecular weight excluding hydrogens is 449 g/mol. The van der Waals surface area contributed by atoms with Crippen molar-refractivity contribution in [3.63, 3.8) is 0 Å². The molecule has 5 rings (SSSR count). The molecule has 1 aromatic carbocycles. The number of benzene rings is 1. The monoisotopic (exact) mass is 475 g/mol. The van der Waals surface area contributed by atoms with Crippen LogP contribution in [0.4, 0.5) is 0 Å². The minimum atomic E-state index is 0. The lowest BCUT2D eigenvalue weighted by molar-refractivity contribution is -0.129. The number of halogens is 2. The summed E-state index contributed by atoms with van der Waals surface area (Å²) < 4.78 is 5.89. The highest BCUT2D eigenvalue weighted by Crippen LogP contribution is 2.31. The van der Waals surface area contributed by atoms with Gasteiger partial charge in [0.2, 0.25) is 11.8 Å². The van der Waals surface area contributed by atoms with Gasteiger partial charge in [-0.1, -0.05) is 29.8 Å². The van der Waals surface area contributed by atoms with Crippen LogP contribution >= 0.6 is 24.0 Å². The normalized spacial score (nSPS) is 16.4. The summed E-state index contributed by atoms with van der Waals surface area (Å²) in [4.78, 5) is 26.2. The highest BCUT2D eigenvalue weighted by atomic mass is 35.5. The van der Waals surface area contributed by atoms with Crippen LogP contribution in [0.2, 0.25) is 5.15 Å². The van der Waals surface area contributed by atoms with Crippen molar-refractivity contribution >= 4 is 40.8 Å². The number of nitrogens with zero attached hydrogens (tertiary/aromatic N) is 4. The predicted octanol–water partition coefficient (Wildman–Crippen LogP) is 3.86. The van der Waals surface area contributed by atoms with Crippen LogP contribution in [0, 0.1) is 0 Å². The predicted molar refractivity (Wildman–Crippen MR) is 128 cm³/mol. The van der Waals surface area contributed by atoms with E-state index >= 15 is 0 Å². The first-order chi connectivity index (χ1) is 15.1. The zero-order chi connectivity index (χ0) is 21.6. The van der Waals surface area contributed by atoms with Gasteiger partial charge in [-0.05, 0) is 31.0 Å². The highest BCUT2D eigenvalue weighted by molar-refractivity contribution is 6.29. The van der Waals surface area contributed by atoms with E-state index < -0.39 is 0 Å². The first-order valence-corrected chi connectivity index (χ1v) is 10.9. The summed E-state index contributed by atoms with van der Waals surface area (Å²) >= 11 is 5.71. The van der Waals surface area contributed by atoms with Crippen LogP contribution in [0.3, 0.4) is 0 Å². The molecule has 32 heavy (non-hydrogen) atoms. The second kappa shape index (κ2) is 11.4. The van der Waals surface area contributed by atoms with E-state index in [1.54, 1.807) is 25.4 Å². The molecule has 7 nitrogen and oxygen atoms in total. The van der Waals surface area contributed by atoms with Crippen molar-refractivity contribution < 1.29 is 9.53 Å². The number of fused-ring (bicyclic) bond motifs is 1. The van der Waals surface area contributed by atoms with Crippen LogP contribution in [0.5, 0.6) is 5.88 Å². The summed E-state index contributed by atoms with van der Waals surface area (Å²) in [6.45, 7) is 4.96. The lowest BCUT2D eigenvalue weighted by Crippen LogP contribution is -2.50. The van der Waals surface area contributed by atoms with Gasteiger partial charge >= 0.3 is 0 Å². The fraction of sp³-hybridized carbons (Fsp3) is 0.391. The van der Waals surface area contributed by atoms with Crippen molar-refractivity contribution in [1.29, 1.82) is 0 Å². The Labute approximate surface area is 199 Å². The Morgan fingerprint density at radius 1 is 1.09 bits per heavy atom. The summed E-state index contributed by atoms with van der Waals surface area (Å²) in [7, 11) is 0. The van der Waals surface area contributed by atoms with Crippen molar-refractivity contribution in [2.45, 2.75) is 31.8 Å². The van der Waals surface area contributed by atoms with E-state index in [9.17, 15) is 4.79 Å². The Bertz CT molecular complexity index is 1040. The van der Waals surface area contributed by atoms with Gasteiger partial charge in [0, 0.05) is 56.8 Å². The molecule has 0 aliphatic carbocycles. The second-order valence-electron chi connectivity index (χ2n) is 7.75. The molecule has 0 atom stereocenters. The number of ether oxygens (including phenoxy) is 1. The molecule has 0 radical (unpaired) electrons. The van der Waals surface area contributed by atoms with Gasteiger partial charge in [-0.15, -0.1) is 12.4 Å². The van der Waals surface area contributed by atoms with Crippen LogP contribution in [0.25, 0.3) is 10.9 Å². The lowest BCUT2D eigenvalue weighted by atomic mass is 9.93. The Kier molecular flexibility index (Phi) is 8.61. The van der Waals surface area contributed by atoms with Gasteiger partial charge in [-0.3, -0.25) is 9.78 Å². The maximum atomic E-state index is 11.4. The smallest absolute Gasteiger partial charge is 0.236 e. The molecule has 9 heteroatoms. The first kappa shape index (κ1) is 24.2. The van der Waals surface area contributed by atoms with Crippen LogP contribution in [-0.2, 0) is 4.79 Å². The number of nitrogens with one attached hydrogen (secondary N) is 1. The Balaban J connectivity index is 0.000000204. The molecule has 0 unspecified atom stereocenters. The van der Waals surface area contributed by atoms with Gasteiger partial charge < -0.3 is 15.0 Å². The number of likely N-dealkylation sites (tertiary alicyclic amines) is 1. The molecule has 2 fully saturated rings. The largest absolute Gasteiger partial charge is 0.470 e. The lowest BCUT2D eigenvalue weighted by Gasteiger charge is -2.32. The molecule has 1 N–H and O–H groups in total. The fourth-order valence-corrected chi connectivity index (χ4v) is 3.87. The minimum Gasteiger partial charge on any atom is -0.470 e. The van der Waals surface area contributed by atoms with E-state index in [-0.39, 0.29) is 24.4 Å². The molecule has 1 amide bonds. The maximum Gasteiger partial charge on any atom is 0.236 e. The molecule has 2 aromatic heterocycles. The molecule has 0 saturated carbocycles. The maximum absolute atomic E-state index is 11.4. The van der Waals surface area contributed by atoms with E-state index in [0.717, 1.165) is 55.6 Å². The van der Waals surface area contributed by atoms with Crippen molar-refractivity contribution in [3.05, 3.63) is 59.6 Å². The van der Waals surface area contributed by atoms with Gasteiger partial charge in [-0.25, -0.2) is 9.97 Å². The third-order valence-electron chi connectivity index (χ3n) is 5.60. The van der Waals surface area contributed by atoms with Crippen LogP contribution in [-0.4, -0.2) is 58.0 Å². The Morgan fingerprint density at radius 2 is 1.81 bits per heavy atom.